The first-order valence-electron chi connectivity index (χ1n) is 12.2. The predicted octanol–water partition coefficient (Wildman–Crippen LogP) is 3.92. The van der Waals surface area contributed by atoms with Crippen LogP contribution in [0.2, 0.25) is 0 Å². The average Bonchev–Trinajstić information content (AvgIpc) is 3.27. The van der Waals surface area contributed by atoms with E-state index in [0.29, 0.717) is 50.8 Å². The third kappa shape index (κ3) is 5.47. The average molecular weight is 469 g/mol. The number of aryl methyl sites for hydroxylation is 1. The van der Waals surface area contributed by atoms with Crippen LogP contribution >= 0.6 is 0 Å². The molecule has 2 aliphatic heterocycles. The smallest absolute Gasteiger partial charge is 0.257 e. The molecule has 184 valence electrons. The number of rotatable bonds is 4. The summed E-state index contributed by atoms with van der Waals surface area (Å²) >= 11 is 0. The Balaban J connectivity index is 1.60. The summed E-state index contributed by atoms with van der Waals surface area (Å²) in [4.78, 5) is 18.0. The summed E-state index contributed by atoms with van der Waals surface area (Å²) in [5, 5.41) is 0. The molecular formula is C27H36N2O5. The van der Waals surface area contributed by atoms with Gasteiger partial charge < -0.3 is 23.8 Å². The minimum Gasteiger partial charge on any atom is -0.496 e. The highest BCUT2D eigenvalue weighted by Gasteiger charge is 2.31. The van der Waals surface area contributed by atoms with Gasteiger partial charge in [0.2, 0.25) is 0 Å². The van der Waals surface area contributed by atoms with Crippen molar-refractivity contribution in [2.24, 2.45) is 0 Å². The molecule has 7 heteroatoms. The van der Waals surface area contributed by atoms with E-state index in [1.54, 1.807) is 7.11 Å². The van der Waals surface area contributed by atoms with Crippen molar-refractivity contribution < 1.29 is 23.7 Å². The molecule has 1 fully saturated rings. The molecule has 7 nitrogen and oxygen atoms in total. The van der Waals surface area contributed by atoms with E-state index in [-0.39, 0.29) is 11.9 Å². The van der Waals surface area contributed by atoms with Crippen LogP contribution in [0.5, 0.6) is 17.2 Å². The number of methoxy groups -OCH3 is 1. The zero-order valence-corrected chi connectivity index (χ0v) is 20.5. The Morgan fingerprint density at radius 2 is 1.97 bits per heavy atom. The van der Waals surface area contributed by atoms with E-state index in [2.05, 4.69) is 11.0 Å². The second kappa shape index (κ2) is 11.6. The maximum Gasteiger partial charge on any atom is 0.257 e. The van der Waals surface area contributed by atoms with Crippen LogP contribution in [0.15, 0.2) is 36.4 Å². The van der Waals surface area contributed by atoms with Gasteiger partial charge in [-0.05, 0) is 50.9 Å². The molecular weight excluding hydrogens is 432 g/mol. The van der Waals surface area contributed by atoms with Gasteiger partial charge in [-0.1, -0.05) is 24.3 Å². The Bertz CT molecular complexity index is 979. The Hall–Kier alpha value is -2.77. The summed E-state index contributed by atoms with van der Waals surface area (Å²) < 4.78 is 23.4. The molecule has 2 aliphatic rings. The summed E-state index contributed by atoms with van der Waals surface area (Å²) in [6.45, 7) is 8.80. The molecule has 0 saturated carbocycles. The zero-order valence-electron chi connectivity index (χ0n) is 20.5. The number of benzene rings is 2. The third-order valence-corrected chi connectivity index (χ3v) is 6.58. The number of para-hydroxylation sites is 2. The van der Waals surface area contributed by atoms with Crippen molar-refractivity contribution in [3.05, 3.63) is 53.1 Å². The number of carbonyl (C=O) groups excluding carboxylic acids is 1. The van der Waals surface area contributed by atoms with Gasteiger partial charge in [-0.2, -0.15) is 0 Å². The van der Waals surface area contributed by atoms with Gasteiger partial charge in [0.15, 0.2) is 11.5 Å². The number of hydrogen-bond donors (Lipinski definition) is 0. The maximum atomic E-state index is 13.7. The van der Waals surface area contributed by atoms with Crippen molar-refractivity contribution in [1.29, 1.82) is 0 Å². The topological polar surface area (TPSA) is 60.5 Å². The molecule has 1 saturated heterocycles. The van der Waals surface area contributed by atoms with E-state index < -0.39 is 0 Å². The van der Waals surface area contributed by atoms with Crippen LogP contribution < -0.4 is 14.2 Å². The number of ether oxygens (including phenoxy) is 4. The first-order chi connectivity index (χ1) is 16.6. The van der Waals surface area contributed by atoms with Gasteiger partial charge in [-0.25, -0.2) is 0 Å². The predicted molar refractivity (Wildman–Crippen MR) is 131 cm³/mol. The maximum absolute atomic E-state index is 13.7. The van der Waals surface area contributed by atoms with Crippen molar-refractivity contribution in [1.82, 2.24) is 9.80 Å². The Morgan fingerprint density at radius 1 is 1.12 bits per heavy atom. The molecule has 0 aromatic heterocycles. The fourth-order valence-electron chi connectivity index (χ4n) is 4.92. The highest BCUT2D eigenvalue weighted by Crippen LogP contribution is 2.34. The fourth-order valence-corrected chi connectivity index (χ4v) is 4.92. The summed E-state index contributed by atoms with van der Waals surface area (Å²) in [6, 6.07) is 12.1. The summed E-state index contributed by atoms with van der Waals surface area (Å²) in [5.74, 6) is 2.20. The van der Waals surface area contributed by atoms with Gasteiger partial charge in [0, 0.05) is 31.2 Å². The van der Waals surface area contributed by atoms with E-state index in [1.807, 2.05) is 49.1 Å². The molecule has 2 aromatic rings. The SMILES string of the molecule is CCOc1cccc2c1OCCOCCN(C(=O)c1cccc(C)c1OC)C[C@@H]1CCCN1C2. The van der Waals surface area contributed by atoms with Crippen LogP contribution in [0.4, 0.5) is 0 Å². The largest absolute Gasteiger partial charge is 0.496 e. The quantitative estimate of drug-likeness (QED) is 0.678. The third-order valence-electron chi connectivity index (χ3n) is 6.58. The second-order valence-electron chi connectivity index (χ2n) is 8.81. The van der Waals surface area contributed by atoms with E-state index >= 15 is 0 Å². The molecule has 1 atom stereocenters. The molecule has 0 radical (unpaired) electrons. The summed E-state index contributed by atoms with van der Waals surface area (Å²) in [5.41, 5.74) is 2.67. The van der Waals surface area contributed by atoms with E-state index in [9.17, 15) is 4.79 Å². The van der Waals surface area contributed by atoms with Gasteiger partial charge in [0.05, 0.1) is 32.5 Å². The van der Waals surface area contributed by atoms with Gasteiger partial charge >= 0.3 is 0 Å². The van der Waals surface area contributed by atoms with Crippen LogP contribution in [-0.4, -0.2) is 74.9 Å². The van der Waals surface area contributed by atoms with Crippen LogP contribution in [0.3, 0.4) is 0 Å². The molecule has 0 bridgehead atoms. The Morgan fingerprint density at radius 3 is 2.79 bits per heavy atom. The molecule has 0 spiro atoms. The minimum atomic E-state index is -0.0128. The molecule has 2 aromatic carbocycles. The lowest BCUT2D eigenvalue weighted by atomic mass is 10.1. The number of nitrogens with zero attached hydrogens (tertiary/aromatic N) is 2. The first-order valence-corrected chi connectivity index (χ1v) is 12.2. The molecule has 0 aliphatic carbocycles. The fraction of sp³-hybridized carbons (Fsp3) is 0.519. The molecule has 1 amide bonds. The Kier molecular flexibility index (Phi) is 8.29. The second-order valence-corrected chi connectivity index (χ2v) is 8.81. The normalized spacial score (nSPS) is 19.6. The van der Waals surface area contributed by atoms with Crippen molar-refractivity contribution in [3.8, 4) is 17.2 Å². The van der Waals surface area contributed by atoms with Crippen molar-refractivity contribution in [3.63, 3.8) is 0 Å². The van der Waals surface area contributed by atoms with Crippen molar-refractivity contribution in [2.45, 2.75) is 39.3 Å². The zero-order chi connectivity index (χ0) is 23.9. The molecule has 34 heavy (non-hydrogen) atoms. The van der Waals surface area contributed by atoms with Gasteiger partial charge in [-0.3, -0.25) is 9.69 Å². The van der Waals surface area contributed by atoms with Gasteiger partial charge in [0.25, 0.3) is 5.91 Å². The monoisotopic (exact) mass is 468 g/mol. The number of fused-ring (bicyclic) bond motifs is 2. The molecule has 4 rings (SSSR count). The van der Waals surface area contributed by atoms with E-state index in [0.717, 1.165) is 48.6 Å². The lowest BCUT2D eigenvalue weighted by molar-refractivity contribution is 0.0536. The summed E-state index contributed by atoms with van der Waals surface area (Å²) in [7, 11) is 1.62. The number of amides is 1. The van der Waals surface area contributed by atoms with Crippen LogP contribution in [-0.2, 0) is 11.3 Å². The van der Waals surface area contributed by atoms with Crippen LogP contribution in [0.25, 0.3) is 0 Å². The van der Waals surface area contributed by atoms with Crippen molar-refractivity contribution in [2.75, 3.05) is 53.2 Å². The molecule has 0 N–H and O–H groups in total. The first kappa shape index (κ1) is 24.4. The lowest BCUT2D eigenvalue weighted by Crippen LogP contribution is -2.44. The molecule has 2 heterocycles. The van der Waals surface area contributed by atoms with E-state index in [1.165, 1.54) is 0 Å². The standard InChI is InChI=1S/C27H36N2O5/c1-4-33-24-12-6-9-21-18-28-13-7-10-22(28)19-29(14-15-32-16-17-34-26(21)24)27(30)23-11-5-8-20(2)25(23)31-3/h5-6,8-9,11-12,22H,4,7,10,13-19H2,1-3H3/t22-/m0/s1. The minimum absolute atomic E-state index is 0.0128. The number of hydrogen-bond acceptors (Lipinski definition) is 6. The van der Waals surface area contributed by atoms with Crippen molar-refractivity contribution >= 4 is 5.91 Å². The van der Waals surface area contributed by atoms with Gasteiger partial charge in [0.1, 0.15) is 12.4 Å². The molecule has 0 unspecified atom stereocenters. The highest BCUT2D eigenvalue weighted by atomic mass is 16.5. The van der Waals surface area contributed by atoms with E-state index in [4.69, 9.17) is 18.9 Å². The van der Waals surface area contributed by atoms with Crippen LogP contribution in [0, 0.1) is 6.92 Å². The van der Waals surface area contributed by atoms with Gasteiger partial charge in [-0.15, -0.1) is 0 Å². The van der Waals surface area contributed by atoms with Crippen LogP contribution in [0.1, 0.15) is 41.3 Å². The summed E-state index contributed by atoms with van der Waals surface area (Å²) in [6.07, 6.45) is 2.16. The lowest BCUT2D eigenvalue weighted by Gasteiger charge is -2.31. The Labute approximate surface area is 202 Å². The number of carbonyl (C=O) groups is 1. The highest BCUT2D eigenvalue weighted by molar-refractivity contribution is 5.97.